The highest BCUT2D eigenvalue weighted by atomic mass is 16.7. The Balaban J connectivity index is 1.88. The Morgan fingerprint density at radius 3 is 2.61 bits per heavy atom. The minimum Gasteiger partial charge on any atom is -0.387 e. The number of hydrogen-bond donors (Lipinski definition) is 2. The molecule has 1 fully saturated rings. The van der Waals surface area contributed by atoms with Crippen molar-refractivity contribution < 1.29 is 29.2 Å². The molecule has 23 heavy (non-hydrogen) atoms. The molecule has 0 aliphatic carbocycles. The molecule has 1 aromatic carbocycles. The predicted octanol–water partition coefficient (Wildman–Crippen LogP) is 0.868. The number of methoxy groups -OCH3 is 1. The largest absolute Gasteiger partial charge is 0.387 e. The summed E-state index contributed by atoms with van der Waals surface area (Å²) in [5, 5.41) is 20.4. The van der Waals surface area contributed by atoms with Crippen molar-refractivity contribution in [2.45, 2.75) is 37.3 Å². The fourth-order valence-corrected chi connectivity index (χ4v) is 2.46. The fraction of sp³-hybridized carbons (Fsp3) is 0.529. The van der Waals surface area contributed by atoms with Gasteiger partial charge in [-0.3, -0.25) is 0 Å². The van der Waals surface area contributed by atoms with Crippen molar-refractivity contribution in [2.24, 2.45) is 0 Å². The van der Waals surface area contributed by atoms with E-state index in [9.17, 15) is 10.2 Å². The van der Waals surface area contributed by atoms with Gasteiger partial charge in [0.2, 0.25) is 0 Å². The van der Waals surface area contributed by atoms with E-state index in [1.807, 2.05) is 30.3 Å². The predicted molar refractivity (Wildman–Crippen MR) is 83.7 cm³/mol. The third-order valence-electron chi connectivity index (χ3n) is 3.68. The molecule has 0 saturated carbocycles. The second-order valence-electron chi connectivity index (χ2n) is 5.35. The van der Waals surface area contributed by atoms with Crippen molar-refractivity contribution in [2.75, 3.05) is 20.3 Å². The van der Waals surface area contributed by atoms with Gasteiger partial charge in [-0.1, -0.05) is 36.4 Å². The average molecular weight is 324 g/mol. The molecule has 128 valence electrons. The van der Waals surface area contributed by atoms with Crippen molar-refractivity contribution >= 4 is 0 Å². The first-order valence-electron chi connectivity index (χ1n) is 7.56. The number of aliphatic hydroxyl groups is 2. The van der Waals surface area contributed by atoms with Gasteiger partial charge in [0.15, 0.2) is 6.29 Å². The molecule has 0 amide bonds. The zero-order valence-electron chi connectivity index (χ0n) is 13.2. The van der Waals surface area contributed by atoms with Crippen LogP contribution in [0, 0.1) is 0 Å². The Morgan fingerprint density at radius 1 is 1.22 bits per heavy atom. The summed E-state index contributed by atoms with van der Waals surface area (Å²) < 4.78 is 21.9. The van der Waals surface area contributed by atoms with Gasteiger partial charge in [-0.15, -0.1) is 6.58 Å². The van der Waals surface area contributed by atoms with Gasteiger partial charge in [0.25, 0.3) is 0 Å². The van der Waals surface area contributed by atoms with Gasteiger partial charge >= 0.3 is 0 Å². The minimum absolute atomic E-state index is 0.140. The summed E-state index contributed by atoms with van der Waals surface area (Å²) in [4.78, 5) is 0. The first kappa shape index (κ1) is 18.1. The van der Waals surface area contributed by atoms with Crippen LogP contribution in [0.3, 0.4) is 0 Å². The van der Waals surface area contributed by atoms with E-state index >= 15 is 0 Å². The maximum Gasteiger partial charge on any atom is 0.186 e. The highest BCUT2D eigenvalue weighted by molar-refractivity contribution is 5.13. The lowest BCUT2D eigenvalue weighted by Gasteiger charge is -2.41. The molecule has 1 aromatic rings. The molecular formula is C17H24O6. The zero-order chi connectivity index (χ0) is 16.7. The first-order valence-corrected chi connectivity index (χ1v) is 7.56. The molecule has 0 unspecified atom stereocenters. The summed E-state index contributed by atoms with van der Waals surface area (Å²) in [6.07, 6.45) is -2.94. The number of benzene rings is 1. The van der Waals surface area contributed by atoms with Gasteiger partial charge in [0, 0.05) is 7.11 Å². The number of hydrogen-bond acceptors (Lipinski definition) is 6. The van der Waals surface area contributed by atoms with Gasteiger partial charge < -0.3 is 29.2 Å². The molecule has 2 rings (SSSR count). The van der Waals surface area contributed by atoms with E-state index in [-0.39, 0.29) is 13.2 Å². The molecule has 0 spiro atoms. The number of ether oxygens (including phenoxy) is 4. The highest BCUT2D eigenvalue weighted by Gasteiger charge is 2.45. The molecule has 6 nitrogen and oxygen atoms in total. The molecule has 0 bridgehead atoms. The van der Waals surface area contributed by atoms with Crippen LogP contribution < -0.4 is 0 Å². The molecule has 1 saturated heterocycles. The van der Waals surface area contributed by atoms with Gasteiger partial charge in [-0.05, 0) is 5.56 Å². The monoisotopic (exact) mass is 324 g/mol. The van der Waals surface area contributed by atoms with E-state index in [0.717, 1.165) is 5.56 Å². The van der Waals surface area contributed by atoms with Crippen molar-refractivity contribution in [3.8, 4) is 0 Å². The van der Waals surface area contributed by atoms with Gasteiger partial charge in [0.05, 0.1) is 19.8 Å². The van der Waals surface area contributed by atoms with E-state index in [4.69, 9.17) is 18.9 Å². The van der Waals surface area contributed by atoms with E-state index in [1.54, 1.807) is 6.08 Å². The molecule has 2 N–H and O–H groups in total. The Hall–Kier alpha value is -1.28. The normalized spacial score (nSPS) is 31.0. The molecular weight excluding hydrogens is 300 g/mol. The van der Waals surface area contributed by atoms with E-state index < -0.39 is 30.7 Å². The first-order chi connectivity index (χ1) is 11.2. The second-order valence-corrected chi connectivity index (χ2v) is 5.35. The molecule has 6 heteroatoms. The molecule has 1 heterocycles. The summed E-state index contributed by atoms with van der Waals surface area (Å²) in [6, 6.07) is 9.68. The van der Waals surface area contributed by atoms with Gasteiger partial charge in [-0.2, -0.15) is 0 Å². The van der Waals surface area contributed by atoms with Crippen LogP contribution in [0.2, 0.25) is 0 Å². The lowest BCUT2D eigenvalue weighted by Crippen LogP contribution is -2.60. The Bertz CT molecular complexity index is 463. The van der Waals surface area contributed by atoms with Crippen molar-refractivity contribution in [1.82, 2.24) is 0 Å². The van der Waals surface area contributed by atoms with Crippen LogP contribution >= 0.6 is 0 Å². The standard InChI is InChI=1S/C17H24O6/c1-3-9-22-16-15(19)14(18)13(23-17(16)20-2)11-21-10-12-7-5-4-6-8-12/h3-8,13-19H,1,9-11H2,2H3/t13-,14-,15-,16+,17+/m1/s1. The Kier molecular flexibility index (Phi) is 7.16. The number of rotatable bonds is 8. The van der Waals surface area contributed by atoms with Crippen molar-refractivity contribution in [3.05, 3.63) is 48.6 Å². The van der Waals surface area contributed by atoms with Crippen LogP contribution in [-0.4, -0.2) is 61.2 Å². The van der Waals surface area contributed by atoms with Gasteiger partial charge in [-0.25, -0.2) is 0 Å². The van der Waals surface area contributed by atoms with Crippen LogP contribution in [0.1, 0.15) is 5.56 Å². The van der Waals surface area contributed by atoms with Crippen LogP contribution in [0.15, 0.2) is 43.0 Å². The SMILES string of the molecule is C=CCO[C@@H]1[C@@H](OC)O[C@H](COCc2ccccc2)[C@@H](O)[C@H]1O. The van der Waals surface area contributed by atoms with Crippen LogP contribution in [0.4, 0.5) is 0 Å². The molecule has 0 radical (unpaired) electrons. The molecule has 0 aromatic heterocycles. The van der Waals surface area contributed by atoms with Gasteiger partial charge in [0.1, 0.15) is 24.4 Å². The third-order valence-corrected chi connectivity index (χ3v) is 3.68. The van der Waals surface area contributed by atoms with Crippen LogP contribution in [0.25, 0.3) is 0 Å². The quantitative estimate of drug-likeness (QED) is 0.691. The highest BCUT2D eigenvalue weighted by Crippen LogP contribution is 2.24. The molecule has 1 aliphatic heterocycles. The molecule has 5 atom stereocenters. The smallest absolute Gasteiger partial charge is 0.186 e. The summed E-state index contributed by atoms with van der Waals surface area (Å²) in [6.45, 7) is 4.32. The lowest BCUT2D eigenvalue weighted by molar-refractivity contribution is -0.304. The Morgan fingerprint density at radius 2 is 1.96 bits per heavy atom. The Labute approximate surface area is 136 Å². The van der Waals surface area contributed by atoms with Crippen molar-refractivity contribution in [1.29, 1.82) is 0 Å². The summed E-state index contributed by atoms with van der Waals surface area (Å²) in [5.74, 6) is 0. The topological polar surface area (TPSA) is 77.4 Å². The fourth-order valence-electron chi connectivity index (χ4n) is 2.46. The summed E-state index contributed by atoms with van der Waals surface area (Å²) >= 11 is 0. The summed E-state index contributed by atoms with van der Waals surface area (Å²) in [5.41, 5.74) is 1.02. The molecule has 1 aliphatic rings. The van der Waals surface area contributed by atoms with Crippen LogP contribution in [-0.2, 0) is 25.6 Å². The minimum atomic E-state index is -1.13. The maximum absolute atomic E-state index is 10.2. The van der Waals surface area contributed by atoms with Crippen LogP contribution in [0.5, 0.6) is 0 Å². The third kappa shape index (κ3) is 4.84. The lowest BCUT2D eigenvalue weighted by atomic mass is 9.99. The number of aliphatic hydroxyl groups excluding tert-OH is 2. The van der Waals surface area contributed by atoms with E-state index in [1.165, 1.54) is 7.11 Å². The zero-order valence-corrected chi connectivity index (χ0v) is 13.2. The van der Waals surface area contributed by atoms with E-state index in [2.05, 4.69) is 6.58 Å². The maximum atomic E-state index is 10.2. The average Bonchev–Trinajstić information content (AvgIpc) is 2.58. The summed E-state index contributed by atoms with van der Waals surface area (Å²) in [7, 11) is 1.46. The second kappa shape index (κ2) is 9.12. The van der Waals surface area contributed by atoms with E-state index in [0.29, 0.717) is 6.61 Å². The van der Waals surface area contributed by atoms with Crippen molar-refractivity contribution in [3.63, 3.8) is 0 Å².